The fourth-order valence-electron chi connectivity index (χ4n) is 1.81. The Balaban J connectivity index is 2.18. The molecule has 0 aliphatic carbocycles. The van der Waals surface area contributed by atoms with Crippen molar-refractivity contribution in [3.05, 3.63) is 29.8 Å². The number of benzene rings is 1. The average molecular weight is 288 g/mol. The smallest absolute Gasteiger partial charge is 0.0411 e. The van der Waals surface area contributed by atoms with Gasteiger partial charge in [0.25, 0.3) is 0 Å². The monoisotopic (exact) mass is 287 g/mol. The molecule has 2 rings (SSSR count). The molecular formula is C11H14BrNOS. The predicted molar refractivity (Wildman–Crippen MR) is 69.2 cm³/mol. The SMILES string of the molecule is O=S1CCN(c2ccccc2CBr)CC1. The van der Waals surface area contributed by atoms with Crippen molar-refractivity contribution in [2.75, 3.05) is 29.5 Å². The number of hydrogen-bond donors (Lipinski definition) is 0. The van der Waals surface area contributed by atoms with E-state index in [1.54, 1.807) is 0 Å². The van der Waals surface area contributed by atoms with Crippen molar-refractivity contribution in [3.8, 4) is 0 Å². The summed E-state index contributed by atoms with van der Waals surface area (Å²) in [5.41, 5.74) is 2.59. The van der Waals surface area contributed by atoms with Gasteiger partial charge in [0.1, 0.15) is 0 Å². The minimum Gasteiger partial charge on any atom is -0.369 e. The molecule has 1 saturated heterocycles. The van der Waals surface area contributed by atoms with Crippen LogP contribution >= 0.6 is 15.9 Å². The molecule has 0 atom stereocenters. The maximum absolute atomic E-state index is 11.3. The van der Waals surface area contributed by atoms with Crippen molar-refractivity contribution in [3.63, 3.8) is 0 Å². The average Bonchev–Trinajstić information content (AvgIpc) is 2.30. The van der Waals surface area contributed by atoms with Gasteiger partial charge in [0.2, 0.25) is 0 Å². The van der Waals surface area contributed by atoms with E-state index in [4.69, 9.17) is 0 Å². The molecule has 0 radical (unpaired) electrons. The standard InChI is InChI=1S/C11H14BrNOS/c12-9-10-3-1-2-4-11(10)13-5-7-15(14)8-6-13/h1-4H,5-9H2. The third-order valence-corrected chi connectivity index (χ3v) is 4.53. The lowest BCUT2D eigenvalue weighted by atomic mass is 10.2. The Kier molecular flexibility index (Phi) is 3.81. The summed E-state index contributed by atoms with van der Waals surface area (Å²) in [6.45, 7) is 1.83. The van der Waals surface area contributed by atoms with E-state index in [0.29, 0.717) is 0 Å². The molecule has 0 unspecified atom stereocenters. The Morgan fingerprint density at radius 3 is 2.60 bits per heavy atom. The first kappa shape index (κ1) is 11.1. The van der Waals surface area contributed by atoms with Gasteiger partial charge < -0.3 is 4.90 Å². The highest BCUT2D eigenvalue weighted by atomic mass is 79.9. The van der Waals surface area contributed by atoms with Crippen LogP contribution in [0.2, 0.25) is 0 Å². The molecule has 0 amide bonds. The highest BCUT2D eigenvalue weighted by molar-refractivity contribution is 9.08. The molecule has 0 saturated carbocycles. The van der Waals surface area contributed by atoms with Crippen molar-refractivity contribution in [1.29, 1.82) is 0 Å². The lowest BCUT2D eigenvalue weighted by Crippen LogP contribution is -2.38. The molecule has 1 aromatic rings. The Labute approximate surface area is 101 Å². The fourth-order valence-corrected chi connectivity index (χ4v) is 3.34. The number of hydrogen-bond acceptors (Lipinski definition) is 2. The molecule has 1 aromatic carbocycles. The quantitative estimate of drug-likeness (QED) is 0.777. The van der Waals surface area contributed by atoms with Crippen LogP contribution in [0.5, 0.6) is 0 Å². The number of anilines is 1. The molecule has 0 N–H and O–H groups in total. The second-order valence-electron chi connectivity index (χ2n) is 3.60. The van der Waals surface area contributed by atoms with Gasteiger partial charge in [-0.25, -0.2) is 0 Å². The van der Waals surface area contributed by atoms with Crippen LogP contribution in [0.3, 0.4) is 0 Å². The van der Waals surface area contributed by atoms with E-state index in [9.17, 15) is 4.21 Å². The first-order chi connectivity index (χ1) is 7.31. The second kappa shape index (κ2) is 5.12. The molecule has 1 aliphatic heterocycles. The van der Waals surface area contributed by atoms with Gasteiger partial charge in [-0.15, -0.1) is 0 Å². The number of alkyl halides is 1. The van der Waals surface area contributed by atoms with Crippen LogP contribution in [0.15, 0.2) is 24.3 Å². The summed E-state index contributed by atoms with van der Waals surface area (Å²) in [4.78, 5) is 2.33. The van der Waals surface area contributed by atoms with Crippen LogP contribution in [-0.2, 0) is 16.1 Å². The molecule has 1 heterocycles. The molecular weight excluding hydrogens is 274 g/mol. The zero-order valence-electron chi connectivity index (χ0n) is 8.49. The van der Waals surface area contributed by atoms with Crippen molar-refractivity contribution in [2.45, 2.75) is 5.33 Å². The zero-order chi connectivity index (χ0) is 10.7. The number of rotatable bonds is 2. The number of para-hydroxylation sites is 1. The normalized spacial score (nSPS) is 18.1. The maximum Gasteiger partial charge on any atom is 0.0411 e. The molecule has 0 aromatic heterocycles. The lowest BCUT2D eigenvalue weighted by Gasteiger charge is -2.29. The van der Waals surface area contributed by atoms with Crippen LogP contribution in [0.25, 0.3) is 0 Å². The summed E-state index contributed by atoms with van der Waals surface area (Å²) in [5.74, 6) is 1.60. The van der Waals surface area contributed by atoms with Crippen molar-refractivity contribution in [2.24, 2.45) is 0 Å². The van der Waals surface area contributed by atoms with Crippen molar-refractivity contribution >= 4 is 32.4 Å². The molecule has 2 nitrogen and oxygen atoms in total. The van der Waals surface area contributed by atoms with Crippen LogP contribution in [0.1, 0.15) is 5.56 Å². The van der Waals surface area contributed by atoms with E-state index in [1.165, 1.54) is 11.3 Å². The molecule has 0 spiro atoms. The van der Waals surface area contributed by atoms with E-state index < -0.39 is 10.8 Å². The number of nitrogens with zero attached hydrogens (tertiary/aromatic N) is 1. The molecule has 82 valence electrons. The van der Waals surface area contributed by atoms with Gasteiger partial charge in [-0.3, -0.25) is 4.21 Å². The van der Waals surface area contributed by atoms with Gasteiger partial charge in [0, 0.05) is 46.4 Å². The summed E-state index contributed by atoms with van der Waals surface area (Å²) >= 11 is 3.50. The fraction of sp³-hybridized carbons (Fsp3) is 0.455. The van der Waals surface area contributed by atoms with Gasteiger partial charge in [0.15, 0.2) is 0 Å². The van der Waals surface area contributed by atoms with E-state index in [-0.39, 0.29) is 0 Å². The number of halogens is 1. The highest BCUT2D eigenvalue weighted by Crippen LogP contribution is 2.23. The molecule has 15 heavy (non-hydrogen) atoms. The molecule has 0 bridgehead atoms. The minimum atomic E-state index is -0.597. The largest absolute Gasteiger partial charge is 0.369 e. The third-order valence-electron chi connectivity index (χ3n) is 2.65. The van der Waals surface area contributed by atoms with E-state index >= 15 is 0 Å². The Hall–Kier alpha value is -0.350. The van der Waals surface area contributed by atoms with Crippen LogP contribution < -0.4 is 4.90 Å². The minimum absolute atomic E-state index is 0.597. The first-order valence-corrected chi connectivity index (χ1v) is 7.66. The predicted octanol–water partition coefficient (Wildman–Crippen LogP) is 2.15. The third kappa shape index (κ3) is 2.61. The van der Waals surface area contributed by atoms with E-state index in [0.717, 1.165) is 29.9 Å². The molecule has 1 aliphatic rings. The summed E-state index contributed by atoms with van der Waals surface area (Å²) in [7, 11) is -0.597. The molecule has 1 fully saturated rings. The second-order valence-corrected chi connectivity index (χ2v) is 5.85. The maximum atomic E-state index is 11.3. The zero-order valence-corrected chi connectivity index (χ0v) is 10.9. The summed E-state index contributed by atoms with van der Waals surface area (Å²) in [6.07, 6.45) is 0. The Bertz CT molecular complexity index is 359. The Morgan fingerprint density at radius 2 is 1.93 bits per heavy atom. The van der Waals surface area contributed by atoms with Gasteiger partial charge in [-0.05, 0) is 11.6 Å². The van der Waals surface area contributed by atoms with Crippen LogP contribution in [-0.4, -0.2) is 28.8 Å². The van der Waals surface area contributed by atoms with Crippen molar-refractivity contribution in [1.82, 2.24) is 0 Å². The van der Waals surface area contributed by atoms with Crippen LogP contribution in [0, 0.1) is 0 Å². The summed E-state index contributed by atoms with van der Waals surface area (Å²) in [6, 6.07) is 8.40. The van der Waals surface area contributed by atoms with Crippen LogP contribution in [0.4, 0.5) is 5.69 Å². The van der Waals surface area contributed by atoms with Gasteiger partial charge in [-0.1, -0.05) is 34.1 Å². The van der Waals surface area contributed by atoms with Gasteiger partial charge in [-0.2, -0.15) is 0 Å². The van der Waals surface area contributed by atoms with E-state index in [1.807, 2.05) is 0 Å². The summed E-state index contributed by atoms with van der Waals surface area (Å²) < 4.78 is 11.3. The van der Waals surface area contributed by atoms with Gasteiger partial charge in [0.05, 0.1) is 0 Å². The molecule has 4 heteroatoms. The lowest BCUT2D eigenvalue weighted by molar-refractivity contribution is 0.673. The highest BCUT2D eigenvalue weighted by Gasteiger charge is 2.16. The van der Waals surface area contributed by atoms with Crippen molar-refractivity contribution < 1.29 is 4.21 Å². The van der Waals surface area contributed by atoms with Gasteiger partial charge >= 0.3 is 0 Å². The summed E-state index contributed by atoms with van der Waals surface area (Å²) in [5, 5.41) is 0.878. The Morgan fingerprint density at radius 1 is 1.27 bits per heavy atom. The topological polar surface area (TPSA) is 20.3 Å². The van der Waals surface area contributed by atoms with E-state index in [2.05, 4.69) is 45.1 Å². The first-order valence-electron chi connectivity index (χ1n) is 5.05.